The summed E-state index contributed by atoms with van der Waals surface area (Å²) in [6.07, 6.45) is 1.94. The Bertz CT molecular complexity index is 112. The predicted molar refractivity (Wildman–Crippen MR) is 31.4 cm³/mol. The first-order valence-corrected chi connectivity index (χ1v) is 3.03. The van der Waals surface area contributed by atoms with E-state index in [0.29, 0.717) is 0 Å². The van der Waals surface area contributed by atoms with Crippen LogP contribution in [0.3, 0.4) is 0 Å². The zero-order valence-electron chi connectivity index (χ0n) is 5.39. The number of methoxy groups -OCH3 is 1. The Hall–Kier alpha value is 0.102. The van der Waals surface area contributed by atoms with Gasteiger partial charge in [0, 0.05) is 0 Å². The van der Waals surface area contributed by atoms with E-state index < -0.39 is 0 Å². The van der Waals surface area contributed by atoms with E-state index in [-0.39, 0.29) is 0 Å². The van der Waals surface area contributed by atoms with Gasteiger partial charge in [0.1, 0.15) is 0 Å². The van der Waals surface area contributed by atoms with Gasteiger partial charge in [-0.05, 0) is 0 Å². The summed E-state index contributed by atoms with van der Waals surface area (Å²) in [6, 6.07) is 0. The van der Waals surface area contributed by atoms with Crippen LogP contribution in [0.15, 0.2) is 11.6 Å². The van der Waals surface area contributed by atoms with Crippen LogP contribution < -0.4 is 0 Å². The molecule has 0 saturated carbocycles. The van der Waals surface area contributed by atoms with Crippen molar-refractivity contribution in [2.45, 2.75) is 13.8 Å². The first kappa shape index (κ1) is 8.10. The Morgan fingerprint density at radius 1 is 1.50 bits per heavy atom. The number of allylic oxidation sites excluding steroid dienone is 1. The Morgan fingerprint density at radius 2 is 2.00 bits per heavy atom. The fourth-order valence-corrected chi connectivity index (χ4v) is 0.663. The van der Waals surface area contributed by atoms with Crippen molar-refractivity contribution in [2.24, 2.45) is 0 Å². The molecular weight excluding hydrogens is 140 g/mol. The van der Waals surface area contributed by atoms with E-state index in [2.05, 4.69) is 15.9 Å². The molecule has 0 bridgehead atoms. The quantitative estimate of drug-likeness (QED) is 0.576. The molecule has 0 aromatic carbocycles. The van der Waals surface area contributed by atoms with Gasteiger partial charge in [0.05, 0.1) is 0 Å². The summed E-state index contributed by atoms with van der Waals surface area (Å²) >= 11 is 2.78. The summed E-state index contributed by atoms with van der Waals surface area (Å²) in [5.41, 5.74) is 1.24. The zero-order chi connectivity index (χ0) is 6.57. The van der Waals surface area contributed by atoms with Crippen molar-refractivity contribution >= 4 is 4.57 Å². The van der Waals surface area contributed by atoms with Crippen molar-refractivity contribution in [1.82, 2.24) is 0 Å². The molecule has 0 rings (SSSR count). The van der Waals surface area contributed by atoms with Crippen molar-refractivity contribution in [3.8, 4) is 0 Å². The Balaban J connectivity index is 3.70. The maximum absolute atomic E-state index is 4.85. The molecule has 46 valence electrons. The minimum absolute atomic E-state index is 0.838. The second kappa shape index (κ2) is 4.03. The molecule has 0 aliphatic carbocycles. The maximum atomic E-state index is 4.85. The molecule has 1 nitrogen and oxygen atoms in total. The van der Waals surface area contributed by atoms with Crippen molar-refractivity contribution in [2.75, 3.05) is 7.11 Å². The average molecular weight is 150 g/mol. The molecule has 0 aliphatic rings. The molecule has 0 aromatic heterocycles. The monoisotopic (exact) mass is 150 g/mol. The Morgan fingerprint density at radius 3 is 2.12 bits per heavy atom. The van der Waals surface area contributed by atoms with Gasteiger partial charge in [-0.1, -0.05) is 0 Å². The van der Waals surface area contributed by atoms with E-state index in [0.717, 1.165) is 4.57 Å². The van der Waals surface area contributed by atoms with Crippen LogP contribution in [0.1, 0.15) is 13.8 Å². The molecule has 0 atom stereocenters. The normalized spacial score (nSPS) is 8.38. The summed E-state index contributed by atoms with van der Waals surface area (Å²) in [5, 5.41) is 0. The molecule has 8 heavy (non-hydrogen) atoms. The molecule has 0 saturated heterocycles. The summed E-state index contributed by atoms with van der Waals surface area (Å²) in [7, 11) is 1.64. The molecule has 0 aliphatic heterocycles. The van der Waals surface area contributed by atoms with Gasteiger partial charge in [-0.15, -0.1) is 0 Å². The Kier molecular flexibility index (Phi) is 4.08. The molecule has 2 heteroatoms. The number of hydrogen-bond donors (Lipinski definition) is 0. The summed E-state index contributed by atoms with van der Waals surface area (Å²) in [5.74, 6) is 0. The SMILES string of the molecule is CO[C](=[Cr])C=C(C)C. The standard InChI is InChI=1S/C6H10O.Cr/c1-6(2)4-5-7-3;/h4H,1-3H3;. The third-order valence-electron chi connectivity index (χ3n) is 0.608. The molecule has 0 unspecified atom stereocenters. The van der Waals surface area contributed by atoms with Crippen LogP contribution in [0.2, 0.25) is 0 Å². The fraction of sp³-hybridized carbons (Fsp3) is 0.500. The second-order valence-electron chi connectivity index (χ2n) is 1.74. The van der Waals surface area contributed by atoms with Gasteiger partial charge in [0.15, 0.2) is 0 Å². The second-order valence-corrected chi connectivity index (χ2v) is 2.37. The Labute approximate surface area is 58.3 Å². The molecule has 0 fully saturated rings. The first-order chi connectivity index (χ1) is 3.66. The van der Waals surface area contributed by atoms with Crippen LogP contribution in [0.25, 0.3) is 0 Å². The molecule has 0 heterocycles. The van der Waals surface area contributed by atoms with Crippen LogP contribution in [-0.2, 0) is 20.6 Å². The topological polar surface area (TPSA) is 9.23 Å². The first-order valence-electron chi connectivity index (χ1n) is 2.39. The van der Waals surface area contributed by atoms with Crippen LogP contribution in [0.5, 0.6) is 0 Å². The van der Waals surface area contributed by atoms with E-state index in [1.165, 1.54) is 5.57 Å². The predicted octanol–water partition coefficient (Wildman–Crippen LogP) is 1.28. The number of rotatable bonds is 2. The average Bonchev–Trinajstić information content (AvgIpc) is 1.65. The van der Waals surface area contributed by atoms with E-state index in [9.17, 15) is 0 Å². The van der Waals surface area contributed by atoms with E-state index >= 15 is 0 Å². The fourth-order valence-electron chi connectivity index (χ4n) is 0.295. The van der Waals surface area contributed by atoms with Crippen LogP contribution in [0.4, 0.5) is 0 Å². The number of ether oxygens (including phenoxy) is 1. The van der Waals surface area contributed by atoms with Crippen molar-refractivity contribution in [1.29, 1.82) is 0 Å². The van der Waals surface area contributed by atoms with Gasteiger partial charge in [-0.3, -0.25) is 0 Å². The molecular formula is C6H10CrO. The molecule has 0 radical (unpaired) electrons. The molecule has 0 amide bonds. The van der Waals surface area contributed by atoms with E-state index in [4.69, 9.17) is 4.74 Å². The molecule has 0 N–H and O–H groups in total. The van der Waals surface area contributed by atoms with Gasteiger partial charge in [-0.25, -0.2) is 0 Å². The van der Waals surface area contributed by atoms with Gasteiger partial charge in [-0.2, -0.15) is 0 Å². The van der Waals surface area contributed by atoms with Crippen molar-refractivity contribution in [3.05, 3.63) is 11.6 Å². The molecule has 0 spiro atoms. The van der Waals surface area contributed by atoms with Gasteiger partial charge in [0.2, 0.25) is 0 Å². The van der Waals surface area contributed by atoms with Gasteiger partial charge < -0.3 is 0 Å². The van der Waals surface area contributed by atoms with Crippen LogP contribution in [-0.4, -0.2) is 11.7 Å². The van der Waals surface area contributed by atoms with E-state index in [1.807, 2.05) is 19.9 Å². The molecule has 0 aromatic rings. The van der Waals surface area contributed by atoms with Crippen molar-refractivity contribution < 1.29 is 20.6 Å². The summed E-state index contributed by atoms with van der Waals surface area (Å²) < 4.78 is 5.68. The van der Waals surface area contributed by atoms with Crippen molar-refractivity contribution in [3.63, 3.8) is 0 Å². The van der Waals surface area contributed by atoms with E-state index in [1.54, 1.807) is 7.11 Å². The summed E-state index contributed by atoms with van der Waals surface area (Å²) in [6.45, 7) is 4.05. The van der Waals surface area contributed by atoms with Gasteiger partial charge in [0.25, 0.3) is 0 Å². The van der Waals surface area contributed by atoms with Crippen LogP contribution in [0, 0.1) is 0 Å². The summed E-state index contributed by atoms with van der Waals surface area (Å²) in [4.78, 5) is 0. The third-order valence-corrected chi connectivity index (χ3v) is 1.05. The zero-order valence-corrected chi connectivity index (χ0v) is 6.67. The third kappa shape index (κ3) is 4.27. The van der Waals surface area contributed by atoms with Crippen LogP contribution >= 0.6 is 0 Å². The number of hydrogen-bond acceptors (Lipinski definition) is 1. The minimum atomic E-state index is 0.838. The van der Waals surface area contributed by atoms with Gasteiger partial charge >= 0.3 is 57.8 Å².